The van der Waals surface area contributed by atoms with Crippen LogP contribution in [0.25, 0.3) is 0 Å². The minimum absolute atomic E-state index is 0.0872. The van der Waals surface area contributed by atoms with Gasteiger partial charge in [0.25, 0.3) is 0 Å². The molecule has 1 saturated heterocycles. The summed E-state index contributed by atoms with van der Waals surface area (Å²) in [4.78, 5) is 27.6. The number of carbonyl (C=O) groups is 2. The maximum atomic E-state index is 12.2. The van der Waals surface area contributed by atoms with Crippen LogP contribution in [0.15, 0.2) is 40.8 Å². The molecule has 2 aromatic rings. The lowest BCUT2D eigenvalue weighted by molar-refractivity contribution is -0.118. The number of hydrogen-bond donors (Lipinski definition) is 1. The second kappa shape index (κ2) is 7.53. The Labute approximate surface area is 147 Å². The van der Waals surface area contributed by atoms with Crippen LogP contribution in [0.3, 0.4) is 0 Å². The van der Waals surface area contributed by atoms with E-state index in [1.807, 2.05) is 55.3 Å². The molecule has 132 valence electrons. The molecule has 0 spiro atoms. The van der Waals surface area contributed by atoms with Crippen LogP contribution in [0.4, 0.5) is 11.4 Å². The van der Waals surface area contributed by atoms with Gasteiger partial charge in [-0.25, -0.2) is 0 Å². The summed E-state index contributed by atoms with van der Waals surface area (Å²) in [5.41, 5.74) is 1.61. The van der Waals surface area contributed by atoms with Gasteiger partial charge in [0.15, 0.2) is 0 Å². The minimum atomic E-state index is -0.0872. The molecular weight excluding hydrogens is 318 g/mol. The van der Waals surface area contributed by atoms with Crippen LogP contribution in [0.5, 0.6) is 0 Å². The van der Waals surface area contributed by atoms with Gasteiger partial charge in [0, 0.05) is 24.3 Å². The molecule has 25 heavy (non-hydrogen) atoms. The van der Waals surface area contributed by atoms with Crippen LogP contribution in [0, 0.1) is 6.92 Å². The van der Waals surface area contributed by atoms with Gasteiger partial charge >= 0.3 is 0 Å². The van der Waals surface area contributed by atoms with Gasteiger partial charge in [0.2, 0.25) is 11.8 Å². The van der Waals surface area contributed by atoms with Crippen LogP contribution in [-0.2, 0) is 16.1 Å². The van der Waals surface area contributed by atoms with E-state index >= 15 is 0 Å². The number of rotatable bonds is 6. The molecule has 0 saturated carbocycles. The fourth-order valence-electron chi connectivity index (χ4n) is 2.98. The van der Waals surface area contributed by atoms with Crippen molar-refractivity contribution >= 4 is 23.2 Å². The number of nitrogens with one attached hydrogen (secondary N) is 1. The summed E-state index contributed by atoms with van der Waals surface area (Å²) in [6.07, 6.45) is 1.51. The number of likely N-dealkylation sites (N-methyl/N-ethyl adjacent to an activating group) is 1. The zero-order valence-electron chi connectivity index (χ0n) is 14.6. The average molecular weight is 341 g/mol. The molecule has 0 radical (unpaired) electrons. The summed E-state index contributed by atoms with van der Waals surface area (Å²) in [7, 11) is 1.87. The number of nitrogens with zero attached hydrogens (tertiary/aromatic N) is 2. The summed E-state index contributed by atoms with van der Waals surface area (Å²) >= 11 is 0. The molecule has 2 heterocycles. The highest BCUT2D eigenvalue weighted by molar-refractivity contribution is 5.96. The van der Waals surface area contributed by atoms with Gasteiger partial charge in [-0.2, -0.15) is 0 Å². The minimum Gasteiger partial charge on any atom is -0.465 e. The Morgan fingerprint density at radius 1 is 1.24 bits per heavy atom. The van der Waals surface area contributed by atoms with E-state index in [0.717, 1.165) is 35.9 Å². The van der Waals surface area contributed by atoms with E-state index in [1.165, 1.54) is 0 Å². The maximum absolute atomic E-state index is 12.2. The van der Waals surface area contributed by atoms with Gasteiger partial charge in [0.05, 0.1) is 13.1 Å². The third-order valence-electron chi connectivity index (χ3n) is 4.17. The molecule has 3 rings (SSSR count). The SMILES string of the molecule is Cc1ccc(CN(C)CC(=O)Nc2ccc(N3CCCC3=O)cc2)o1. The fourth-order valence-corrected chi connectivity index (χ4v) is 2.98. The Kier molecular flexibility index (Phi) is 5.19. The molecule has 6 heteroatoms. The monoisotopic (exact) mass is 341 g/mol. The van der Waals surface area contributed by atoms with Gasteiger partial charge < -0.3 is 14.6 Å². The van der Waals surface area contributed by atoms with Gasteiger partial charge in [-0.15, -0.1) is 0 Å². The van der Waals surface area contributed by atoms with E-state index in [4.69, 9.17) is 4.42 Å². The Bertz CT molecular complexity index is 752. The lowest BCUT2D eigenvalue weighted by Crippen LogP contribution is -2.29. The molecular formula is C19H23N3O3. The van der Waals surface area contributed by atoms with Crippen molar-refractivity contribution in [3.05, 3.63) is 47.9 Å². The van der Waals surface area contributed by atoms with Crippen molar-refractivity contribution in [1.82, 2.24) is 4.90 Å². The van der Waals surface area contributed by atoms with Crippen molar-refractivity contribution in [3.63, 3.8) is 0 Å². The van der Waals surface area contributed by atoms with Crippen molar-refractivity contribution in [3.8, 4) is 0 Å². The summed E-state index contributed by atoms with van der Waals surface area (Å²) in [6.45, 7) is 3.51. The second-order valence-corrected chi connectivity index (χ2v) is 6.43. The lowest BCUT2D eigenvalue weighted by Gasteiger charge is -2.17. The predicted molar refractivity (Wildman–Crippen MR) is 96.4 cm³/mol. The molecule has 1 aliphatic heterocycles. The first-order chi connectivity index (χ1) is 12.0. The van der Waals surface area contributed by atoms with Crippen LogP contribution in [-0.4, -0.2) is 36.9 Å². The van der Waals surface area contributed by atoms with E-state index < -0.39 is 0 Å². The van der Waals surface area contributed by atoms with E-state index in [2.05, 4.69) is 5.32 Å². The first-order valence-electron chi connectivity index (χ1n) is 8.45. The highest BCUT2D eigenvalue weighted by Crippen LogP contribution is 2.23. The zero-order valence-corrected chi connectivity index (χ0v) is 14.6. The summed E-state index contributed by atoms with van der Waals surface area (Å²) in [6, 6.07) is 11.2. The fraction of sp³-hybridized carbons (Fsp3) is 0.368. The van der Waals surface area contributed by atoms with Crippen LogP contribution >= 0.6 is 0 Å². The van der Waals surface area contributed by atoms with Crippen molar-refractivity contribution in [1.29, 1.82) is 0 Å². The molecule has 0 bridgehead atoms. The van der Waals surface area contributed by atoms with E-state index in [-0.39, 0.29) is 18.4 Å². The highest BCUT2D eigenvalue weighted by Gasteiger charge is 2.21. The number of aryl methyl sites for hydroxylation is 1. The quantitative estimate of drug-likeness (QED) is 0.877. The normalized spacial score (nSPS) is 14.4. The first-order valence-corrected chi connectivity index (χ1v) is 8.45. The summed E-state index contributed by atoms with van der Waals surface area (Å²) < 4.78 is 5.52. The molecule has 0 atom stereocenters. The molecule has 2 amide bonds. The number of anilines is 2. The van der Waals surface area contributed by atoms with Gasteiger partial charge in [0.1, 0.15) is 11.5 Å². The van der Waals surface area contributed by atoms with Crippen LogP contribution < -0.4 is 10.2 Å². The number of amides is 2. The van der Waals surface area contributed by atoms with Crippen molar-refractivity contribution in [2.24, 2.45) is 0 Å². The maximum Gasteiger partial charge on any atom is 0.238 e. The molecule has 1 aliphatic rings. The van der Waals surface area contributed by atoms with Crippen LogP contribution in [0.2, 0.25) is 0 Å². The summed E-state index contributed by atoms with van der Waals surface area (Å²) in [5.74, 6) is 1.78. The summed E-state index contributed by atoms with van der Waals surface area (Å²) in [5, 5.41) is 2.88. The number of benzene rings is 1. The Balaban J connectivity index is 1.51. The average Bonchev–Trinajstić information content (AvgIpc) is 3.16. The number of furan rings is 1. The molecule has 0 unspecified atom stereocenters. The first kappa shape index (κ1) is 17.2. The van der Waals surface area contributed by atoms with Crippen LogP contribution in [0.1, 0.15) is 24.4 Å². The van der Waals surface area contributed by atoms with E-state index in [9.17, 15) is 9.59 Å². The lowest BCUT2D eigenvalue weighted by atomic mass is 10.2. The van der Waals surface area contributed by atoms with E-state index in [0.29, 0.717) is 13.0 Å². The van der Waals surface area contributed by atoms with Gasteiger partial charge in [-0.05, 0) is 56.8 Å². The standard InChI is InChI=1S/C19H23N3O3/c1-14-5-10-17(25-14)12-21(2)13-18(23)20-15-6-8-16(9-7-15)22-11-3-4-19(22)24/h5-10H,3-4,11-13H2,1-2H3,(H,20,23). The zero-order chi connectivity index (χ0) is 17.8. The third kappa shape index (κ3) is 4.48. The van der Waals surface area contributed by atoms with E-state index in [1.54, 1.807) is 4.90 Å². The largest absolute Gasteiger partial charge is 0.465 e. The topological polar surface area (TPSA) is 65.8 Å². The number of carbonyl (C=O) groups excluding carboxylic acids is 2. The molecule has 1 aromatic carbocycles. The Morgan fingerprint density at radius 3 is 2.60 bits per heavy atom. The van der Waals surface area contributed by atoms with Gasteiger partial charge in [-0.1, -0.05) is 0 Å². The smallest absolute Gasteiger partial charge is 0.238 e. The van der Waals surface area contributed by atoms with Crippen molar-refractivity contribution in [2.45, 2.75) is 26.3 Å². The number of hydrogen-bond acceptors (Lipinski definition) is 4. The van der Waals surface area contributed by atoms with Crippen molar-refractivity contribution in [2.75, 3.05) is 30.4 Å². The Hall–Kier alpha value is -2.60. The molecule has 0 aliphatic carbocycles. The van der Waals surface area contributed by atoms with Gasteiger partial charge in [-0.3, -0.25) is 14.5 Å². The molecule has 1 aromatic heterocycles. The van der Waals surface area contributed by atoms with Crippen molar-refractivity contribution < 1.29 is 14.0 Å². The Morgan fingerprint density at radius 2 is 2.00 bits per heavy atom. The highest BCUT2D eigenvalue weighted by atomic mass is 16.3. The molecule has 6 nitrogen and oxygen atoms in total. The second-order valence-electron chi connectivity index (χ2n) is 6.43. The molecule has 1 N–H and O–H groups in total. The third-order valence-corrected chi connectivity index (χ3v) is 4.17. The predicted octanol–water partition coefficient (Wildman–Crippen LogP) is 2.79. The molecule has 1 fully saturated rings.